The number of fused-ring (bicyclic) bond motifs is 2. The molecule has 0 saturated heterocycles. The highest BCUT2D eigenvalue weighted by atomic mass is 16.1. The molecule has 0 fully saturated rings. The number of nitrogens with one attached hydrogen (secondary N) is 2. The third-order valence-corrected chi connectivity index (χ3v) is 6.27. The lowest BCUT2D eigenvalue weighted by Crippen LogP contribution is -2.26. The first-order valence-corrected chi connectivity index (χ1v) is 11.7. The standard InChI is InChI=1S/C30H26N4O/c1-21-7-6-8-22(15-21)19-34-20-25(27-10-3-5-12-29(27)34)16-24(17-31)30(35)32-14-13-23-18-33-28-11-4-2-9-26(23)28/h2-12,15-16,18,20,33H,13-14,19H2,1H3,(H,32,35)/b24-16-. The number of para-hydroxylation sites is 2. The first kappa shape index (κ1) is 22.2. The molecule has 0 radical (unpaired) electrons. The summed E-state index contributed by atoms with van der Waals surface area (Å²) >= 11 is 0. The molecule has 2 heterocycles. The summed E-state index contributed by atoms with van der Waals surface area (Å²) in [6.07, 6.45) is 6.37. The van der Waals surface area contributed by atoms with Crippen molar-refractivity contribution in [2.24, 2.45) is 0 Å². The fraction of sp³-hybridized carbons (Fsp3) is 0.133. The Kier molecular flexibility index (Phi) is 6.19. The molecule has 0 bridgehead atoms. The maximum absolute atomic E-state index is 12.8. The van der Waals surface area contributed by atoms with Crippen LogP contribution in [0.5, 0.6) is 0 Å². The molecule has 0 spiro atoms. The Labute approximate surface area is 204 Å². The van der Waals surface area contributed by atoms with Crippen LogP contribution in [-0.2, 0) is 17.8 Å². The number of nitrogens with zero attached hydrogens (tertiary/aromatic N) is 2. The smallest absolute Gasteiger partial charge is 0.261 e. The molecule has 2 aromatic heterocycles. The summed E-state index contributed by atoms with van der Waals surface area (Å²) in [7, 11) is 0. The van der Waals surface area contributed by atoms with Gasteiger partial charge in [-0.2, -0.15) is 5.26 Å². The van der Waals surface area contributed by atoms with Crippen molar-refractivity contribution in [1.82, 2.24) is 14.9 Å². The second kappa shape index (κ2) is 9.74. The zero-order chi connectivity index (χ0) is 24.2. The number of hydrogen-bond donors (Lipinski definition) is 2. The monoisotopic (exact) mass is 458 g/mol. The maximum atomic E-state index is 12.8. The van der Waals surface area contributed by atoms with Gasteiger partial charge in [0.15, 0.2) is 0 Å². The van der Waals surface area contributed by atoms with E-state index in [4.69, 9.17) is 0 Å². The van der Waals surface area contributed by atoms with Crippen molar-refractivity contribution in [2.75, 3.05) is 6.54 Å². The molecule has 0 aliphatic heterocycles. The van der Waals surface area contributed by atoms with Crippen molar-refractivity contribution < 1.29 is 4.79 Å². The number of benzene rings is 3. The molecule has 2 N–H and O–H groups in total. The lowest BCUT2D eigenvalue weighted by molar-refractivity contribution is -0.117. The van der Waals surface area contributed by atoms with Gasteiger partial charge in [-0.15, -0.1) is 0 Å². The summed E-state index contributed by atoms with van der Waals surface area (Å²) in [5, 5.41) is 14.8. The average molecular weight is 459 g/mol. The van der Waals surface area contributed by atoms with E-state index < -0.39 is 0 Å². The summed E-state index contributed by atoms with van der Waals surface area (Å²) in [5.41, 5.74) is 6.67. The molecule has 35 heavy (non-hydrogen) atoms. The number of amides is 1. The van der Waals surface area contributed by atoms with Gasteiger partial charge in [0.2, 0.25) is 0 Å². The number of carbonyl (C=O) groups excluding carboxylic acids is 1. The molecule has 0 saturated carbocycles. The summed E-state index contributed by atoms with van der Waals surface area (Å²) in [6.45, 7) is 3.26. The topological polar surface area (TPSA) is 73.6 Å². The van der Waals surface area contributed by atoms with Crippen LogP contribution in [0.15, 0.2) is 90.8 Å². The van der Waals surface area contributed by atoms with E-state index in [-0.39, 0.29) is 11.5 Å². The lowest BCUT2D eigenvalue weighted by atomic mass is 10.1. The summed E-state index contributed by atoms with van der Waals surface area (Å²) in [6, 6.07) is 26.7. The summed E-state index contributed by atoms with van der Waals surface area (Å²) in [4.78, 5) is 16.1. The first-order valence-electron chi connectivity index (χ1n) is 11.7. The highest BCUT2D eigenvalue weighted by Gasteiger charge is 2.13. The van der Waals surface area contributed by atoms with Crippen molar-refractivity contribution in [3.05, 3.63) is 113 Å². The van der Waals surface area contributed by atoms with Gasteiger partial charge in [-0.25, -0.2) is 0 Å². The molecule has 0 aliphatic carbocycles. The highest BCUT2D eigenvalue weighted by Crippen LogP contribution is 2.25. The van der Waals surface area contributed by atoms with Gasteiger partial charge < -0.3 is 14.9 Å². The molecule has 5 heteroatoms. The SMILES string of the molecule is Cc1cccc(Cn2cc(/C=C(/C#N)C(=O)NCCc3c[nH]c4ccccc34)c3ccccc32)c1. The van der Waals surface area contributed by atoms with Crippen LogP contribution >= 0.6 is 0 Å². The van der Waals surface area contributed by atoms with E-state index in [0.29, 0.717) is 13.0 Å². The predicted molar refractivity (Wildman–Crippen MR) is 141 cm³/mol. The minimum absolute atomic E-state index is 0.0994. The molecule has 1 amide bonds. The number of aryl methyl sites for hydroxylation is 1. The highest BCUT2D eigenvalue weighted by molar-refractivity contribution is 6.04. The van der Waals surface area contributed by atoms with Gasteiger partial charge in [0.1, 0.15) is 11.6 Å². The van der Waals surface area contributed by atoms with Crippen LogP contribution in [0.2, 0.25) is 0 Å². The largest absolute Gasteiger partial charge is 0.361 e. The van der Waals surface area contributed by atoms with Gasteiger partial charge >= 0.3 is 0 Å². The van der Waals surface area contributed by atoms with Crippen molar-refractivity contribution in [1.29, 1.82) is 5.26 Å². The predicted octanol–water partition coefficient (Wildman–Crippen LogP) is 5.75. The van der Waals surface area contributed by atoms with Gasteiger partial charge in [-0.3, -0.25) is 4.79 Å². The van der Waals surface area contributed by atoms with Gasteiger partial charge in [0.25, 0.3) is 5.91 Å². The number of rotatable bonds is 7. The maximum Gasteiger partial charge on any atom is 0.261 e. The van der Waals surface area contributed by atoms with Crippen molar-refractivity contribution in [2.45, 2.75) is 19.9 Å². The molecular weight excluding hydrogens is 432 g/mol. The molecule has 3 aromatic carbocycles. The second-order valence-corrected chi connectivity index (χ2v) is 8.75. The Balaban J connectivity index is 1.35. The minimum Gasteiger partial charge on any atom is -0.361 e. The molecule has 0 aliphatic rings. The van der Waals surface area contributed by atoms with E-state index in [1.165, 1.54) is 11.1 Å². The Morgan fingerprint density at radius 1 is 1.06 bits per heavy atom. The van der Waals surface area contributed by atoms with Gasteiger partial charge in [0, 0.05) is 52.9 Å². The Morgan fingerprint density at radius 3 is 2.69 bits per heavy atom. The van der Waals surface area contributed by atoms with Crippen LogP contribution < -0.4 is 5.32 Å². The summed E-state index contributed by atoms with van der Waals surface area (Å²) in [5.74, 6) is -0.358. The van der Waals surface area contributed by atoms with Crippen LogP contribution in [0.25, 0.3) is 27.9 Å². The average Bonchev–Trinajstić information content (AvgIpc) is 3.44. The molecule has 0 atom stereocenters. The number of hydrogen-bond acceptors (Lipinski definition) is 2. The number of carbonyl (C=O) groups is 1. The van der Waals surface area contributed by atoms with E-state index in [9.17, 15) is 10.1 Å². The normalized spacial score (nSPS) is 11.6. The van der Waals surface area contributed by atoms with Gasteiger partial charge in [-0.1, -0.05) is 66.2 Å². The van der Waals surface area contributed by atoms with Crippen LogP contribution in [0.3, 0.4) is 0 Å². The molecule has 0 unspecified atom stereocenters. The minimum atomic E-state index is -0.358. The van der Waals surface area contributed by atoms with Crippen LogP contribution in [0.4, 0.5) is 0 Å². The number of aromatic nitrogens is 2. The Morgan fingerprint density at radius 2 is 1.86 bits per heavy atom. The first-order chi connectivity index (χ1) is 17.1. The van der Waals surface area contributed by atoms with E-state index in [0.717, 1.165) is 39.5 Å². The Hall–Kier alpha value is -4.56. The van der Waals surface area contributed by atoms with Crippen molar-refractivity contribution in [3.63, 3.8) is 0 Å². The van der Waals surface area contributed by atoms with E-state index in [2.05, 4.69) is 64.3 Å². The fourth-order valence-electron chi connectivity index (χ4n) is 4.58. The number of aromatic amines is 1. The van der Waals surface area contributed by atoms with Crippen molar-refractivity contribution in [3.8, 4) is 6.07 Å². The molecule has 5 rings (SSSR count). The van der Waals surface area contributed by atoms with E-state index in [1.807, 2.05) is 48.8 Å². The second-order valence-electron chi connectivity index (χ2n) is 8.75. The molecular formula is C30H26N4O. The van der Waals surface area contributed by atoms with Gasteiger partial charge in [0.05, 0.1) is 0 Å². The Bertz CT molecular complexity index is 1600. The fourth-order valence-corrected chi connectivity index (χ4v) is 4.58. The zero-order valence-corrected chi connectivity index (χ0v) is 19.6. The van der Waals surface area contributed by atoms with Gasteiger partial charge in [-0.05, 0) is 42.7 Å². The van der Waals surface area contributed by atoms with Crippen molar-refractivity contribution >= 4 is 33.8 Å². The number of H-pyrrole nitrogens is 1. The third kappa shape index (κ3) is 4.73. The van der Waals surface area contributed by atoms with Crippen LogP contribution in [0, 0.1) is 18.3 Å². The molecule has 5 nitrogen and oxygen atoms in total. The molecule has 172 valence electrons. The molecule has 5 aromatic rings. The van der Waals surface area contributed by atoms with E-state index >= 15 is 0 Å². The van der Waals surface area contributed by atoms with E-state index in [1.54, 1.807) is 6.08 Å². The van der Waals surface area contributed by atoms with Crippen LogP contribution in [0.1, 0.15) is 22.3 Å². The van der Waals surface area contributed by atoms with Crippen LogP contribution in [-0.4, -0.2) is 22.0 Å². The quantitative estimate of drug-likeness (QED) is 0.241. The zero-order valence-electron chi connectivity index (χ0n) is 19.6. The number of nitriles is 1. The third-order valence-electron chi connectivity index (χ3n) is 6.27. The summed E-state index contributed by atoms with van der Waals surface area (Å²) < 4.78 is 2.17. The lowest BCUT2D eigenvalue weighted by Gasteiger charge is -2.06.